The third kappa shape index (κ3) is 1.56. The third-order valence-electron chi connectivity index (χ3n) is 1.81. The molecule has 1 atom stereocenters. The van der Waals surface area contributed by atoms with Crippen molar-refractivity contribution in [3.8, 4) is 0 Å². The van der Waals surface area contributed by atoms with Crippen molar-refractivity contribution < 1.29 is 9.53 Å². The molecule has 0 bridgehead atoms. The van der Waals surface area contributed by atoms with Crippen LogP contribution >= 0.6 is 0 Å². The topological polar surface area (TPSA) is 29.5 Å². The average molecular weight is 173 g/mol. The van der Waals surface area contributed by atoms with Crippen LogP contribution in [0.3, 0.4) is 0 Å². The predicted octanol–water partition coefficient (Wildman–Crippen LogP) is 1.66. The Labute approximate surface area is 68.4 Å². The van der Waals surface area contributed by atoms with E-state index in [0.717, 1.165) is 0 Å². The zero-order valence-corrected chi connectivity index (χ0v) is 8.55. The van der Waals surface area contributed by atoms with Crippen LogP contribution in [-0.4, -0.2) is 31.5 Å². The molecule has 11 heavy (non-hydrogen) atoms. The van der Waals surface area contributed by atoms with Gasteiger partial charge in [-0.15, -0.1) is 0 Å². The Morgan fingerprint density at radius 2 is 2.09 bits per heavy atom. The number of hydrogen-bond acceptors (Lipinski definition) is 2. The Bertz CT molecular complexity index is 176. The largest absolute Gasteiger partial charge is 0.448 e. The van der Waals surface area contributed by atoms with Gasteiger partial charge >= 0.3 is 6.09 Å². The second kappa shape index (κ2) is 2.51. The molecule has 4 heteroatoms. The highest BCUT2D eigenvalue weighted by Gasteiger charge is 2.38. The van der Waals surface area contributed by atoms with E-state index in [1.807, 2.05) is 11.5 Å². The van der Waals surface area contributed by atoms with Crippen LogP contribution in [0.15, 0.2) is 0 Å². The zero-order chi connectivity index (χ0) is 8.65. The molecule has 0 aromatic heterocycles. The molecule has 0 unspecified atom stereocenters. The number of rotatable bonds is 1. The molecule has 64 valence electrons. The van der Waals surface area contributed by atoms with Gasteiger partial charge in [-0.3, -0.25) is 0 Å². The summed E-state index contributed by atoms with van der Waals surface area (Å²) in [5.41, 5.74) is 0. The Kier molecular flexibility index (Phi) is 1.96. The van der Waals surface area contributed by atoms with E-state index in [4.69, 9.17) is 4.74 Å². The summed E-state index contributed by atoms with van der Waals surface area (Å²) in [4.78, 5) is 11.2. The maximum absolute atomic E-state index is 11.2. The van der Waals surface area contributed by atoms with Crippen molar-refractivity contribution in [2.75, 3.05) is 6.61 Å². The molecule has 1 fully saturated rings. The van der Waals surface area contributed by atoms with Crippen molar-refractivity contribution in [1.82, 2.24) is 4.57 Å². The summed E-state index contributed by atoms with van der Waals surface area (Å²) in [6.45, 7) is 9.04. The molecule has 0 saturated carbocycles. The van der Waals surface area contributed by atoms with E-state index in [-0.39, 0.29) is 12.1 Å². The van der Waals surface area contributed by atoms with Crippen molar-refractivity contribution in [3.63, 3.8) is 0 Å². The fourth-order valence-corrected chi connectivity index (χ4v) is 3.46. The van der Waals surface area contributed by atoms with Crippen molar-refractivity contribution >= 4 is 14.3 Å². The van der Waals surface area contributed by atoms with Gasteiger partial charge in [0.2, 0.25) is 0 Å². The minimum atomic E-state index is -1.49. The highest BCUT2D eigenvalue weighted by atomic mass is 28.3. The Hall–Kier alpha value is -0.513. The number of amides is 1. The van der Waals surface area contributed by atoms with E-state index >= 15 is 0 Å². The maximum atomic E-state index is 11.2. The van der Waals surface area contributed by atoms with E-state index in [9.17, 15) is 4.79 Å². The molecular formula is C7H15NO2Si. The highest BCUT2D eigenvalue weighted by molar-refractivity contribution is 6.75. The van der Waals surface area contributed by atoms with E-state index in [2.05, 4.69) is 19.6 Å². The summed E-state index contributed by atoms with van der Waals surface area (Å²) in [6, 6.07) is 0.272. The van der Waals surface area contributed by atoms with Crippen molar-refractivity contribution in [3.05, 3.63) is 0 Å². The lowest BCUT2D eigenvalue weighted by Crippen LogP contribution is -2.50. The number of carbonyl (C=O) groups is 1. The van der Waals surface area contributed by atoms with Gasteiger partial charge in [0, 0.05) is 0 Å². The molecule has 3 nitrogen and oxygen atoms in total. The average Bonchev–Trinajstić information content (AvgIpc) is 2.08. The van der Waals surface area contributed by atoms with Gasteiger partial charge in [0.05, 0.1) is 6.04 Å². The zero-order valence-electron chi connectivity index (χ0n) is 7.55. The smallest absolute Gasteiger partial charge is 0.402 e. The Morgan fingerprint density at radius 1 is 1.55 bits per heavy atom. The van der Waals surface area contributed by atoms with Gasteiger partial charge in [0.25, 0.3) is 0 Å². The standard InChI is InChI=1S/C7H15NO2Si/c1-6-5-10-7(9)8(6)11(2,3)4/h6H,5H2,1-4H3/t6-/m0/s1. The molecule has 1 aliphatic heterocycles. The van der Waals surface area contributed by atoms with E-state index < -0.39 is 8.24 Å². The summed E-state index contributed by atoms with van der Waals surface area (Å²) in [7, 11) is -1.49. The maximum Gasteiger partial charge on any atom is 0.402 e. The van der Waals surface area contributed by atoms with E-state index in [1.165, 1.54) is 0 Å². The van der Waals surface area contributed by atoms with Crippen LogP contribution < -0.4 is 0 Å². The SMILES string of the molecule is C[C@H]1COC(=O)N1[Si](C)(C)C. The van der Waals surface area contributed by atoms with Crippen LogP contribution in [0.1, 0.15) is 6.92 Å². The lowest BCUT2D eigenvalue weighted by molar-refractivity contribution is 0.169. The lowest BCUT2D eigenvalue weighted by atomic mass is 10.4. The van der Waals surface area contributed by atoms with Crippen molar-refractivity contribution in [1.29, 1.82) is 0 Å². The second-order valence-corrected chi connectivity index (χ2v) is 8.79. The van der Waals surface area contributed by atoms with Crippen molar-refractivity contribution in [2.45, 2.75) is 32.6 Å². The lowest BCUT2D eigenvalue weighted by Gasteiger charge is -2.30. The predicted molar refractivity (Wildman–Crippen MR) is 46.0 cm³/mol. The number of ether oxygens (including phenoxy) is 1. The molecule has 1 rings (SSSR count). The normalized spacial score (nSPS) is 25.6. The van der Waals surface area contributed by atoms with Crippen LogP contribution in [0.5, 0.6) is 0 Å². The number of cyclic esters (lactones) is 1. The van der Waals surface area contributed by atoms with Gasteiger partial charge in [0.15, 0.2) is 8.24 Å². The molecule has 0 aliphatic carbocycles. The molecule has 1 aliphatic rings. The van der Waals surface area contributed by atoms with E-state index in [0.29, 0.717) is 6.61 Å². The molecular weight excluding hydrogens is 158 g/mol. The minimum Gasteiger partial charge on any atom is -0.448 e. The summed E-state index contributed by atoms with van der Waals surface area (Å²) in [6.07, 6.45) is -0.128. The van der Waals surface area contributed by atoms with Crippen LogP contribution in [-0.2, 0) is 4.74 Å². The van der Waals surface area contributed by atoms with Crippen molar-refractivity contribution in [2.24, 2.45) is 0 Å². The molecule has 1 saturated heterocycles. The summed E-state index contributed by atoms with van der Waals surface area (Å²) in [5.74, 6) is 0. The first-order valence-corrected chi connectivity index (χ1v) is 7.34. The van der Waals surface area contributed by atoms with Crippen LogP contribution in [0.2, 0.25) is 19.6 Å². The van der Waals surface area contributed by atoms with Gasteiger partial charge in [-0.1, -0.05) is 19.6 Å². The Morgan fingerprint density at radius 3 is 2.27 bits per heavy atom. The molecule has 1 amide bonds. The molecule has 0 aromatic carbocycles. The quantitative estimate of drug-likeness (QED) is 0.564. The molecule has 0 spiro atoms. The fraction of sp³-hybridized carbons (Fsp3) is 0.857. The fourth-order valence-electron chi connectivity index (χ4n) is 1.45. The van der Waals surface area contributed by atoms with Gasteiger partial charge in [0.1, 0.15) is 6.61 Å². The minimum absolute atomic E-state index is 0.128. The first kappa shape index (κ1) is 8.58. The van der Waals surface area contributed by atoms with Gasteiger partial charge < -0.3 is 9.30 Å². The van der Waals surface area contributed by atoms with Crippen LogP contribution in [0, 0.1) is 0 Å². The third-order valence-corrected chi connectivity index (χ3v) is 3.88. The van der Waals surface area contributed by atoms with Gasteiger partial charge in [-0.25, -0.2) is 4.79 Å². The summed E-state index contributed by atoms with van der Waals surface area (Å²) in [5, 5.41) is 0. The van der Waals surface area contributed by atoms with Gasteiger partial charge in [-0.05, 0) is 6.92 Å². The number of carbonyl (C=O) groups excluding carboxylic acids is 1. The molecule has 0 radical (unpaired) electrons. The van der Waals surface area contributed by atoms with Crippen LogP contribution in [0.4, 0.5) is 4.79 Å². The molecule has 0 N–H and O–H groups in total. The molecule has 1 heterocycles. The monoisotopic (exact) mass is 173 g/mol. The summed E-state index contributed by atoms with van der Waals surface area (Å²) >= 11 is 0. The summed E-state index contributed by atoms with van der Waals surface area (Å²) < 4.78 is 6.84. The highest BCUT2D eigenvalue weighted by Crippen LogP contribution is 2.20. The number of nitrogens with zero attached hydrogens (tertiary/aromatic N) is 1. The van der Waals surface area contributed by atoms with Crippen LogP contribution in [0.25, 0.3) is 0 Å². The van der Waals surface area contributed by atoms with E-state index in [1.54, 1.807) is 0 Å². The number of hydrogen-bond donors (Lipinski definition) is 0. The van der Waals surface area contributed by atoms with Gasteiger partial charge in [-0.2, -0.15) is 0 Å². The Balaban J connectivity index is 2.77. The first-order valence-electron chi connectivity index (χ1n) is 3.89. The first-order chi connectivity index (χ1) is 4.93. The molecule has 0 aromatic rings. The second-order valence-electron chi connectivity index (χ2n) is 3.97.